The smallest absolute Gasteiger partial charge is 0.226 e. The van der Waals surface area contributed by atoms with Crippen molar-refractivity contribution in [3.05, 3.63) is 42.0 Å². The number of hydrogen-bond acceptors (Lipinski definition) is 4. The standard InChI is InChI=1S/C24H31N3O2/c1-16(2)21-20(17-7-4-3-5-8-17)26-22(29-21)19-9-6-14-27(19)23(28)18-15-24(18)10-12-25-13-11-24/h3-5,7-8,16,18-19,25H,6,9-15H2,1-2H3. The summed E-state index contributed by atoms with van der Waals surface area (Å²) in [7, 11) is 0. The summed E-state index contributed by atoms with van der Waals surface area (Å²) in [5, 5.41) is 3.43. The van der Waals surface area contributed by atoms with Crippen LogP contribution in [0.4, 0.5) is 0 Å². The Morgan fingerprint density at radius 1 is 1.24 bits per heavy atom. The van der Waals surface area contributed by atoms with Crippen molar-refractivity contribution in [3.8, 4) is 11.3 Å². The van der Waals surface area contributed by atoms with E-state index in [1.165, 1.54) is 0 Å². The van der Waals surface area contributed by atoms with Gasteiger partial charge >= 0.3 is 0 Å². The molecule has 3 fully saturated rings. The van der Waals surface area contributed by atoms with Crippen LogP contribution in [-0.4, -0.2) is 35.4 Å². The zero-order valence-corrected chi connectivity index (χ0v) is 17.5. The Balaban J connectivity index is 1.41. The predicted octanol–water partition coefficient (Wildman–Crippen LogP) is 4.52. The molecule has 5 rings (SSSR count). The van der Waals surface area contributed by atoms with Gasteiger partial charge in [0.1, 0.15) is 17.5 Å². The first-order chi connectivity index (χ1) is 14.1. The molecule has 1 N–H and O–H groups in total. The van der Waals surface area contributed by atoms with E-state index in [0.717, 1.165) is 74.6 Å². The number of aromatic nitrogens is 1. The van der Waals surface area contributed by atoms with Gasteiger partial charge in [0.2, 0.25) is 11.8 Å². The largest absolute Gasteiger partial charge is 0.442 e. The van der Waals surface area contributed by atoms with Crippen molar-refractivity contribution in [2.75, 3.05) is 19.6 Å². The highest BCUT2D eigenvalue weighted by atomic mass is 16.4. The van der Waals surface area contributed by atoms with Gasteiger partial charge in [-0.25, -0.2) is 4.98 Å². The van der Waals surface area contributed by atoms with Crippen molar-refractivity contribution in [2.45, 2.75) is 57.9 Å². The molecule has 1 amide bonds. The van der Waals surface area contributed by atoms with Gasteiger partial charge in [-0.3, -0.25) is 4.79 Å². The zero-order valence-electron chi connectivity index (χ0n) is 17.5. The quantitative estimate of drug-likeness (QED) is 0.830. The number of amides is 1. The third kappa shape index (κ3) is 3.29. The van der Waals surface area contributed by atoms with Crippen molar-refractivity contribution in [1.82, 2.24) is 15.2 Å². The maximum absolute atomic E-state index is 13.4. The highest BCUT2D eigenvalue weighted by molar-refractivity contribution is 5.83. The lowest BCUT2D eigenvalue weighted by molar-refractivity contribution is -0.135. The average molecular weight is 394 g/mol. The second-order valence-corrected chi connectivity index (χ2v) is 9.34. The topological polar surface area (TPSA) is 58.4 Å². The number of likely N-dealkylation sites (tertiary alicyclic amines) is 1. The number of hydrogen-bond donors (Lipinski definition) is 1. The summed E-state index contributed by atoms with van der Waals surface area (Å²) in [6, 6.07) is 10.2. The van der Waals surface area contributed by atoms with Crippen LogP contribution in [0.3, 0.4) is 0 Å². The van der Waals surface area contributed by atoms with Crippen LogP contribution in [0.5, 0.6) is 0 Å². The van der Waals surface area contributed by atoms with Gasteiger partial charge in [0, 0.05) is 23.9 Å². The predicted molar refractivity (Wildman–Crippen MR) is 112 cm³/mol. The van der Waals surface area contributed by atoms with E-state index in [2.05, 4.69) is 36.2 Å². The number of nitrogens with one attached hydrogen (secondary N) is 1. The summed E-state index contributed by atoms with van der Waals surface area (Å²) < 4.78 is 6.32. The minimum absolute atomic E-state index is 0.0168. The van der Waals surface area contributed by atoms with Crippen LogP contribution < -0.4 is 5.32 Å². The first-order valence-corrected chi connectivity index (χ1v) is 11.2. The summed E-state index contributed by atoms with van der Waals surface area (Å²) in [6.07, 6.45) is 5.30. The molecule has 5 heteroatoms. The molecule has 29 heavy (non-hydrogen) atoms. The molecular weight excluding hydrogens is 362 g/mol. The lowest BCUT2D eigenvalue weighted by atomic mass is 9.91. The maximum Gasteiger partial charge on any atom is 0.226 e. The van der Waals surface area contributed by atoms with E-state index in [1.54, 1.807) is 0 Å². The second-order valence-electron chi connectivity index (χ2n) is 9.34. The Morgan fingerprint density at radius 3 is 2.72 bits per heavy atom. The number of piperidine rings is 1. The van der Waals surface area contributed by atoms with Gasteiger partial charge in [-0.2, -0.15) is 0 Å². The van der Waals surface area contributed by atoms with Gasteiger partial charge in [-0.15, -0.1) is 0 Å². The highest BCUT2D eigenvalue weighted by Crippen LogP contribution is 2.60. The molecule has 154 valence electrons. The summed E-state index contributed by atoms with van der Waals surface area (Å²) in [5.74, 6) is 2.43. The van der Waals surface area contributed by atoms with E-state index in [9.17, 15) is 4.79 Å². The SMILES string of the molecule is CC(C)c1oc(C2CCCN2C(=O)C2CC23CCNCC3)nc1-c1ccccc1. The van der Waals surface area contributed by atoms with Crippen LogP contribution >= 0.6 is 0 Å². The van der Waals surface area contributed by atoms with Gasteiger partial charge in [-0.05, 0) is 50.6 Å². The number of carbonyl (C=O) groups excluding carboxylic acids is 1. The van der Waals surface area contributed by atoms with Crippen LogP contribution in [0, 0.1) is 11.3 Å². The molecule has 0 bridgehead atoms. The highest BCUT2D eigenvalue weighted by Gasteiger charge is 2.59. The minimum atomic E-state index is -0.0168. The van der Waals surface area contributed by atoms with Crippen LogP contribution in [0.25, 0.3) is 11.3 Å². The maximum atomic E-state index is 13.4. The molecule has 1 aromatic heterocycles. The summed E-state index contributed by atoms with van der Waals surface area (Å²) in [4.78, 5) is 20.4. The normalized spacial score (nSPS) is 25.7. The molecule has 1 saturated carbocycles. The van der Waals surface area contributed by atoms with Crippen LogP contribution in [0.1, 0.15) is 69.6 Å². The van der Waals surface area contributed by atoms with E-state index in [1.807, 2.05) is 18.2 Å². The van der Waals surface area contributed by atoms with E-state index in [4.69, 9.17) is 9.40 Å². The molecule has 3 aliphatic rings. The number of carbonyl (C=O) groups is 1. The Morgan fingerprint density at radius 2 is 2.00 bits per heavy atom. The lowest BCUT2D eigenvalue weighted by Gasteiger charge is -2.27. The van der Waals surface area contributed by atoms with Crippen molar-refractivity contribution in [2.24, 2.45) is 11.3 Å². The Labute approximate surface area is 172 Å². The fourth-order valence-corrected chi connectivity index (χ4v) is 5.35. The van der Waals surface area contributed by atoms with E-state index in [-0.39, 0.29) is 23.3 Å². The fourth-order valence-electron chi connectivity index (χ4n) is 5.35. The van der Waals surface area contributed by atoms with Gasteiger partial charge < -0.3 is 14.6 Å². The van der Waals surface area contributed by atoms with Gasteiger partial charge in [0.05, 0.1) is 0 Å². The van der Waals surface area contributed by atoms with Crippen molar-refractivity contribution < 1.29 is 9.21 Å². The number of oxazole rings is 1. The van der Waals surface area contributed by atoms with Gasteiger partial charge in [0.25, 0.3) is 0 Å². The number of rotatable bonds is 4. The van der Waals surface area contributed by atoms with E-state index >= 15 is 0 Å². The molecule has 1 aromatic carbocycles. The van der Waals surface area contributed by atoms with Crippen LogP contribution in [0.15, 0.2) is 34.7 Å². The summed E-state index contributed by atoms with van der Waals surface area (Å²) >= 11 is 0. The lowest BCUT2D eigenvalue weighted by Crippen LogP contribution is -2.36. The zero-order chi connectivity index (χ0) is 20.0. The first kappa shape index (κ1) is 18.9. The number of benzene rings is 1. The third-order valence-electron chi connectivity index (χ3n) is 7.15. The Bertz CT molecular complexity index is 883. The van der Waals surface area contributed by atoms with E-state index < -0.39 is 0 Å². The molecule has 2 aromatic rings. The molecule has 2 aliphatic heterocycles. The minimum Gasteiger partial charge on any atom is -0.442 e. The molecule has 2 atom stereocenters. The molecule has 0 radical (unpaired) electrons. The van der Waals surface area contributed by atoms with Gasteiger partial charge in [-0.1, -0.05) is 44.2 Å². The van der Waals surface area contributed by atoms with Crippen molar-refractivity contribution >= 4 is 5.91 Å². The molecule has 2 unspecified atom stereocenters. The molecule has 1 aliphatic carbocycles. The van der Waals surface area contributed by atoms with Crippen LogP contribution in [-0.2, 0) is 4.79 Å². The Kier molecular flexibility index (Phi) is 4.73. The summed E-state index contributed by atoms with van der Waals surface area (Å²) in [5.41, 5.74) is 2.28. The molecular formula is C24H31N3O2. The fraction of sp³-hybridized carbons (Fsp3) is 0.583. The van der Waals surface area contributed by atoms with Crippen LogP contribution in [0.2, 0.25) is 0 Å². The monoisotopic (exact) mass is 393 g/mol. The first-order valence-electron chi connectivity index (χ1n) is 11.2. The molecule has 1 spiro atoms. The van der Waals surface area contributed by atoms with Crippen molar-refractivity contribution in [3.63, 3.8) is 0 Å². The molecule has 2 saturated heterocycles. The molecule has 3 heterocycles. The van der Waals surface area contributed by atoms with E-state index in [0.29, 0.717) is 5.91 Å². The molecule has 5 nitrogen and oxygen atoms in total. The number of nitrogens with zero attached hydrogens (tertiary/aromatic N) is 2. The average Bonchev–Trinajstić information content (AvgIpc) is 3.13. The van der Waals surface area contributed by atoms with Gasteiger partial charge in [0.15, 0.2) is 0 Å². The Hall–Kier alpha value is -2.14. The third-order valence-corrected chi connectivity index (χ3v) is 7.15. The second kappa shape index (κ2) is 7.28. The van der Waals surface area contributed by atoms with Crippen molar-refractivity contribution in [1.29, 1.82) is 0 Å². The summed E-state index contributed by atoms with van der Waals surface area (Å²) in [6.45, 7) is 7.20.